The maximum atomic E-state index is 12.5. The number of benzene rings is 1. The average Bonchev–Trinajstić information content (AvgIpc) is 3.48. The highest BCUT2D eigenvalue weighted by atomic mass is 32.2. The van der Waals surface area contributed by atoms with Gasteiger partial charge in [0, 0.05) is 17.5 Å². The van der Waals surface area contributed by atoms with Crippen LogP contribution in [0, 0.1) is 13.8 Å². The van der Waals surface area contributed by atoms with Crippen molar-refractivity contribution in [2.45, 2.75) is 38.9 Å². The monoisotopic (exact) mass is 453 g/mol. The predicted molar refractivity (Wildman–Crippen MR) is 124 cm³/mol. The molecule has 0 bridgehead atoms. The van der Waals surface area contributed by atoms with Crippen LogP contribution in [0.5, 0.6) is 0 Å². The summed E-state index contributed by atoms with van der Waals surface area (Å²) in [5, 5.41) is 14.8. The van der Waals surface area contributed by atoms with E-state index in [4.69, 9.17) is 4.42 Å². The highest BCUT2D eigenvalue weighted by Crippen LogP contribution is 2.28. The summed E-state index contributed by atoms with van der Waals surface area (Å²) in [5.74, 6) is 1.67. The second-order valence-corrected chi connectivity index (χ2v) is 8.89. The predicted octanol–water partition coefficient (Wildman–Crippen LogP) is 5.42. The topological polar surface area (TPSA) is 85.8 Å². The van der Waals surface area contributed by atoms with Crippen LogP contribution in [0.4, 0.5) is 5.13 Å². The molecule has 4 rings (SSSR count). The van der Waals surface area contributed by atoms with Crippen LogP contribution in [0.2, 0.25) is 0 Å². The van der Waals surface area contributed by atoms with Gasteiger partial charge in [-0.2, -0.15) is 0 Å². The molecule has 0 fully saturated rings. The van der Waals surface area contributed by atoms with Crippen LogP contribution in [0.25, 0.3) is 22.6 Å². The van der Waals surface area contributed by atoms with Gasteiger partial charge in [-0.05, 0) is 26.3 Å². The summed E-state index contributed by atoms with van der Waals surface area (Å²) in [6.07, 6.45) is 2.58. The van der Waals surface area contributed by atoms with E-state index in [2.05, 4.69) is 46.5 Å². The van der Waals surface area contributed by atoms with Gasteiger partial charge in [0.05, 0.1) is 23.3 Å². The second kappa shape index (κ2) is 9.49. The van der Waals surface area contributed by atoms with E-state index < -0.39 is 0 Å². The molecule has 3 aromatic heterocycles. The summed E-state index contributed by atoms with van der Waals surface area (Å²) in [6.45, 7) is 6.82. The van der Waals surface area contributed by atoms with Crippen molar-refractivity contribution >= 4 is 34.1 Å². The number of carbonyl (C=O) groups is 1. The van der Waals surface area contributed by atoms with E-state index in [0.29, 0.717) is 10.3 Å². The zero-order valence-corrected chi connectivity index (χ0v) is 19.2. The van der Waals surface area contributed by atoms with Crippen molar-refractivity contribution in [2.24, 2.45) is 0 Å². The molecule has 0 atom stereocenters. The third kappa shape index (κ3) is 4.88. The van der Waals surface area contributed by atoms with Gasteiger partial charge < -0.3 is 14.3 Å². The SMILES string of the molecule is CCCn1c(SCC(=O)Nc2nc(-c3ccc(C)cc3)cs2)nnc1-c1ccoc1C. The van der Waals surface area contributed by atoms with E-state index in [9.17, 15) is 4.79 Å². The van der Waals surface area contributed by atoms with Gasteiger partial charge in [0.25, 0.3) is 0 Å². The van der Waals surface area contributed by atoms with E-state index >= 15 is 0 Å². The first-order chi connectivity index (χ1) is 15.0. The van der Waals surface area contributed by atoms with Gasteiger partial charge in [0.15, 0.2) is 16.1 Å². The number of amides is 1. The van der Waals surface area contributed by atoms with Crippen molar-refractivity contribution in [1.29, 1.82) is 0 Å². The number of aromatic nitrogens is 4. The Kier molecular flexibility index (Phi) is 6.53. The highest BCUT2D eigenvalue weighted by molar-refractivity contribution is 7.99. The van der Waals surface area contributed by atoms with E-state index in [1.165, 1.54) is 28.7 Å². The Bertz CT molecular complexity index is 1180. The Morgan fingerprint density at radius 3 is 2.71 bits per heavy atom. The molecule has 0 spiro atoms. The summed E-state index contributed by atoms with van der Waals surface area (Å²) in [7, 11) is 0. The van der Waals surface area contributed by atoms with Gasteiger partial charge in [-0.3, -0.25) is 4.79 Å². The Morgan fingerprint density at radius 1 is 1.19 bits per heavy atom. The first-order valence-corrected chi connectivity index (χ1v) is 11.8. The third-order valence-electron chi connectivity index (χ3n) is 4.69. The summed E-state index contributed by atoms with van der Waals surface area (Å²) in [4.78, 5) is 17.0. The molecule has 31 heavy (non-hydrogen) atoms. The molecule has 0 aliphatic rings. The lowest BCUT2D eigenvalue weighted by atomic mass is 10.1. The minimum absolute atomic E-state index is 0.123. The van der Waals surface area contributed by atoms with Crippen molar-refractivity contribution in [3.05, 3.63) is 53.3 Å². The first-order valence-electron chi connectivity index (χ1n) is 9.98. The molecule has 4 aromatic rings. The van der Waals surface area contributed by atoms with Crippen molar-refractivity contribution in [2.75, 3.05) is 11.1 Å². The van der Waals surface area contributed by atoms with Gasteiger partial charge in [-0.15, -0.1) is 21.5 Å². The first kappa shape index (κ1) is 21.3. The van der Waals surface area contributed by atoms with Crippen LogP contribution in [-0.2, 0) is 11.3 Å². The number of nitrogens with zero attached hydrogens (tertiary/aromatic N) is 4. The number of carbonyl (C=O) groups excluding carboxylic acids is 1. The number of thioether (sulfide) groups is 1. The van der Waals surface area contributed by atoms with Crippen LogP contribution >= 0.6 is 23.1 Å². The van der Waals surface area contributed by atoms with Crippen molar-refractivity contribution in [1.82, 2.24) is 19.7 Å². The van der Waals surface area contributed by atoms with Gasteiger partial charge in [0.1, 0.15) is 5.76 Å². The van der Waals surface area contributed by atoms with Gasteiger partial charge in [0.2, 0.25) is 5.91 Å². The third-order valence-corrected chi connectivity index (χ3v) is 6.42. The summed E-state index contributed by atoms with van der Waals surface area (Å²) in [5.41, 5.74) is 4.01. The van der Waals surface area contributed by atoms with Crippen LogP contribution < -0.4 is 5.32 Å². The van der Waals surface area contributed by atoms with Crippen molar-refractivity contribution in [3.63, 3.8) is 0 Å². The Labute approximate surface area is 188 Å². The number of rotatable bonds is 8. The maximum absolute atomic E-state index is 12.5. The molecule has 7 nitrogen and oxygen atoms in total. The molecule has 1 amide bonds. The molecule has 0 unspecified atom stereocenters. The molecule has 1 aromatic carbocycles. The molecule has 9 heteroatoms. The number of aryl methyl sites for hydroxylation is 2. The number of furan rings is 1. The van der Waals surface area contributed by atoms with Crippen LogP contribution in [0.1, 0.15) is 24.7 Å². The average molecular weight is 454 g/mol. The smallest absolute Gasteiger partial charge is 0.236 e. The van der Waals surface area contributed by atoms with Gasteiger partial charge in [-0.25, -0.2) is 4.98 Å². The lowest BCUT2D eigenvalue weighted by Crippen LogP contribution is -2.14. The minimum atomic E-state index is -0.123. The van der Waals surface area contributed by atoms with E-state index in [-0.39, 0.29) is 11.7 Å². The summed E-state index contributed by atoms with van der Waals surface area (Å²) in [6, 6.07) is 10.1. The Morgan fingerprint density at radius 2 is 2.00 bits per heavy atom. The quantitative estimate of drug-likeness (QED) is 0.359. The van der Waals surface area contributed by atoms with Crippen molar-refractivity contribution in [3.8, 4) is 22.6 Å². The fraction of sp³-hybridized carbons (Fsp3) is 0.273. The molecule has 160 valence electrons. The maximum Gasteiger partial charge on any atom is 0.236 e. The number of hydrogen-bond acceptors (Lipinski definition) is 7. The number of anilines is 1. The lowest BCUT2D eigenvalue weighted by molar-refractivity contribution is -0.113. The summed E-state index contributed by atoms with van der Waals surface area (Å²) < 4.78 is 7.44. The van der Waals surface area contributed by atoms with Crippen LogP contribution in [0.3, 0.4) is 0 Å². The molecular weight excluding hydrogens is 430 g/mol. The zero-order chi connectivity index (χ0) is 21.8. The van der Waals surface area contributed by atoms with E-state index in [1.807, 2.05) is 35.1 Å². The largest absolute Gasteiger partial charge is 0.469 e. The fourth-order valence-electron chi connectivity index (χ4n) is 3.11. The molecular formula is C22H23N5O2S2. The highest BCUT2D eigenvalue weighted by Gasteiger charge is 2.18. The lowest BCUT2D eigenvalue weighted by Gasteiger charge is -2.08. The molecule has 1 N–H and O–H groups in total. The van der Waals surface area contributed by atoms with Gasteiger partial charge in [-0.1, -0.05) is 48.5 Å². The Balaban J connectivity index is 1.41. The molecule has 0 radical (unpaired) electrons. The number of thiazole rings is 1. The van der Waals surface area contributed by atoms with Crippen LogP contribution in [0.15, 0.2) is 51.5 Å². The molecule has 0 aliphatic carbocycles. The molecule has 0 saturated heterocycles. The minimum Gasteiger partial charge on any atom is -0.469 e. The molecule has 0 aliphatic heterocycles. The number of nitrogens with one attached hydrogen (secondary N) is 1. The molecule has 3 heterocycles. The Hall–Kier alpha value is -2.91. The zero-order valence-electron chi connectivity index (χ0n) is 17.6. The van der Waals surface area contributed by atoms with Crippen molar-refractivity contribution < 1.29 is 9.21 Å². The second-order valence-electron chi connectivity index (χ2n) is 7.09. The van der Waals surface area contributed by atoms with Gasteiger partial charge >= 0.3 is 0 Å². The standard InChI is InChI=1S/C22H23N5O2S2/c1-4-10-27-20(17-9-11-29-15(17)3)25-26-22(27)31-13-19(28)24-21-23-18(12-30-21)16-7-5-14(2)6-8-16/h5-9,11-12H,4,10,13H2,1-3H3,(H,23,24,28). The van der Waals surface area contributed by atoms with Crippen LogP contribution in [-0.4, -0.2) is 31.4 Å². The normalized spacial score (nSPS) is 11.1. The molecule has 0 saturated carbocycles. The fourth-order valence-corrected chi connectivity index (χ4v) is 4.61. The van der Waals surface area contributed by atoms with E-state index in [1.54, 1.807) is 6.26 Å². The number of hydrogen-bond donors (Lipinski definition) is 1. The summed E-state index contributed by atoms with van der Waals surface area (Å²) >= 11 is 2.78. The van der Waals surface area contributed by atoms with E-state index in [0.717, 1.165) is 41.4 Å².